The Hall–Kier alpha value is -1.90. The maximum absolute atomic E-state index is 12.8. The van der Waals surface area contributed by atoms with Crippen molar-refractivity contribution >= 4 is 41.2 Å². The van der Waals surface area contributed by atoms with Crippen molar-refractivity contribution in [3.63, 3.8) is 0 Å². The van der Waals surface area contributed by atoms with E-state index >= 15 is 0 Å². The summed E-state index contributed by atoms with van der Waals surface area (Å²) in [6.07, 6.45) is 2.37. The summed E-state index contributed by atoms with van der Waals surface area (Å²) in [5.74, 6) is -0.456. The molecule has 2 aromatic rings. The van der Waals surface area contributed by atoms with Gasteiger partial charge < -0.3 is 9.88 Å². The lowest BCUT2D eigenvalue weighted by molar-refractivity contribution is 0.101. The number of hydrogen-bond donors (Lipinski definition) is 2. The van der Waals surface area contributed by atoms with Crippen molar-refractivity contribution in [1.29, 1.82) is 0 Å². The first-order chi connectivity index (χ1) is 12.4. The first-order valence-corrected chi connectivity index (χ1v) is 9.14. The normalized spacial score (nSPS) is 12.9. The minimum absolute atomic E-state index is 0.235. The van der Waals surface area contributed by atoms with E-state index in [9.17, 15) is 13.6 Å². The molecule has 0 saturated heterocycles. The standard InChI is InChI=1S/C17H17ClF2N4OS/c1-9(2)23-26-15-12-4-3-7-24(12)14(13(15)18)17(25)22-10-5-6-21-11(8-10)16(19)20/h3-6,8-9,16,23H,7H2,1-2H3,(H,21,22,25). The lowest BCUT2D eigenvalue weighted by Gasteiger charge is -2.09. The van der Waals surface area contributed by atoms with Gasteiger partial charge in [-0.2, -0.15) is 0 Å². The van der Waals surface area contributed by atoms with Crippen molar-refractivity contribution in [3.05, 3.63) is 46.5 Å². The van der Waals surface area contributed by atoms with Gasteiger partial charge in [0.05, 0.1) is 15.6 Å². The Morgan fingerprint density at radius 3 is 2.88 bits per heavy atom. The number of carbonyl (C=O) groups excluding carboxylic acids is 1. The van der Waals surface area contributed by atoms with E-state index in [0.29, 0.717) is 17.3 Å². The summed E-state index contributed by atoms with van der Waals surface area (Å²) in [5, 5.41) is 2.96. The van der Waals surface area contributed by atoms with Crippen LogP contribution in [-0.4, -0.2) is 21.5 Å². The lowest BCUT2D eigenvalue weighted by Crippen LogP contribution is -2.17. The van der Waals surface area contributed by atoms with Gasteiger partial charge in [-0.05, 0) is 44.0 Å². The van der Waals surface area contributed by atoms with E-state index in [2.05, 4.69) is 15.0 Å². The second-order valence-corrected chi connectivity index (χ2v) is 7.21. The van der Waals surface area contributed by atoms with Crippen LogP contribution in [0.4, 0.5) is 14.5 Å². The fraction of sp³-hybridized carbons (Fsp3) is 0.294. The van der Waals surface area contributed by atoms with Crippen LogP contribution < -0.4 is 10.0 Å². The molecule has 138 valence electrons. The van der Waals surface area contributed by atoms with Gasteiger partial charge in [0.15, 0.2) is 0 Å². The minimum Gasteiger partial charge on any atom is -0.331 e. The fourth-order valence-electron chi connectivity index (χ4n) is 2.54. The van der Waals surface area contributed by atoms with Gasteiger partial charge in [-0.1, -0.05) is 17.7 Å². The van der Waals surface area contributed by atoms with Crippen LogP contribution in [-0.2, 0) is 6.54 Å². The van der Waals surface area contributed by atoms with E-state index in [1.54, 1.807) is 4.57 Å². The Kier molecular flexibility index (Phi) is 5.64. The molecule has 1 aliphatic rings. The second-order valence-electron chi connectivity index (χ2n) is 5.99. The third-order valence-corrected chi connectivity index (χ3v) is 5.33. The summed E-state index contributed by atoms with van der Waals surface area (Å²) >= 11 is 7.83. The molecule has 1 amide bonds. The Bertz CT molecular complexity index is 867. The Morgan fingerprint density at radius 2 is 2.19 bits per heavy atom. The van der Waals surface area contributed by atoms with Crippen molar-refractivity contribution in [2.45, 2.75) is 37.8 Å². The molecular weight excluding hydrogens is 382 g/mol. The summed E-state index contributed by atoms with van der Waals surface area (Å²) in [7, 11) is 0. The minimum atomic E-state index is -2.71. The summed E-state index contributed by atoms with van der Waals surface area (Å²) < 4.78 is 30.6. The summed E-state index contributed by atoms with van der Waals surface area (Å²) in [4.78, 5) is 17.1. The predicted molar refractivity (Wildman–Crippen MR) is 99.8 cm³/mol. The first kappa shape index (κ1) is 18.9. The highest BCUT2D eigenvalue weighted by molar-refractivity contribution is 7.97. The molecule has 0 atom stereocenters. The maximum Gasteiger partial charge on any atom is 0.280 e. The van der Waals surface area contributed by atoms with Crippen molar-refractivity contribution in [3.8, 4) is 0 Å². The number of nitrogens with one attached hydrogen (secondary N) is 2. The Balaban J connectivity index is 1.88. The van der Waals surface area contributed by atoms with E-state index in [0.717, 1.165) is 16.7 Å². The summed E-state index contributed by atoms with van der Waals surface area (Å²) in [6.45, 7) is 4.54. The second kappa shape index (κ2) is 7.77. The molecule has 3 heterocycles. The fourth-order valence-corrected chi connectivity index (χ4v) is 3.76. The van der Waals surface area contributed by atoms with Crippen LogP contribution in [0, 0.1) is 0 Å². The zero-order valence-corrected chi connectivity index (χ0v) is 15.7. The Morgan fingerprint density at radius 1 is 1.42 bits per heavy atom. The van der Waals surface area contributed by atoms with Crippen molar-refractivity contribution in [1.82, 2.24) is 14.3 Å². The average Bonchev–Trinajstić information content (AvgIpc) is 3.13. The van der Waals surface area contributed by atoms with E-state index in [-0.39, 0.29) is 11.7 Å². The third kappa shape index (κ3) is 3.77. The average molecular weight is 399 g/mol. The number of alkyl halides is 2. The van der Waals surface area contributed by atoms with Crippen LogP contribution in [0.15, 0.2) is 29.3 Å². The number of hydrogen-bond acceptors (Lipinski definition) is 4. The van der Waals surface area contributed by atoms with Gasteiger partial charge in [0, 0.05) is 24.5 Å². The highest BCUT2D eigenvalue weighted by atomic mass is 35.5. The number of fused-ring (bicyclic) bond motifs is 1. The number of pyridine rings is 1. The molecule has 2 N–H and O–H groups in total. The van der Waals surface area contributed by atoms with Gasteiger partial charge in [0.2, 0.25) is 0 Å². The highest BCUT2D eigenvalue weighted by Crippen LogP contribution is 2.38. The van der Waals surface area contributed by atoms with Crippen molar-refractivity contribution in [2.75, 3.05) is 5.32 Å². The molecule has 3 rings (SSSR count). The summed E-state index contributed by atoms with van der Waals surface area (Å²) in [5.41, 5.74) is 0.997. The van der Waals surface area contributed by atoms with Crippen LogP contribution in [0.1, 0.15) is 42.1 Å². The maximum atomic E-state index is 12.8. The number of halogens is 3. The van der Waals surface area contributed by atoms with E-state index in [4.69, 9.17) is 11.6 Å². The van der Waals surface area contributed by atoms with Crippen LogP contribution >= 0.6 is 23.5 Å². The molecule has 26 heavy (non-hydrogen) atoms. The lowest BCUT2D eigenvalue weighted by atomic mass is 10.3. The highest BCUT2D eigenvalue weighted by Gasteiger charge is 2.27. The van der Waals surface area contributed by atoms with Gasteiger partial charge in [0.25, 0.3) is 12.3 Å². The SMILES string of the molecule is CC(C)NSc1c(Cl)c(C(=O)Nc2ccnc(C(F)F)c2)n2c1C=CC2. The molecular formula is C17H17ClF2N4OS. The predicted octanol–water partition coefficient (Wildman–Crippen LogP) is 4.76. The number of amides is 1. The van der Waals surface area contributed by atoms with Crippen LogP contribution in [0.2, 0.25) is 5.02 Å². The topological polar surface area (TPSA) is 59.0 Å². The zero-order chi connectivity index (χ0) is 18.8. The number of nitrogens with zero attached hydrogens (tertiary/aromatic N) is 2. The first-order valence-electron chi connectivity index (χ1n) is 7.94. The number of carbonyl (C=O) groups is 1. The number of allylic oxidation sites excluding steroid dienone is 1. The molecule has 1 aliphatic heterocycles. The molecule has 0 unspecified atom stereocenters. The Labute approximate surface area is 159 Å². The molecule has 0 saturated carbocycles. The molecule has 2 aromatic heterocycles. The van der Waals surface area contributed by atoms with Gasteiger partial charge in [0.1, 0.15) is 11.4 Å². The number of anilines is 1. The molecule has 0 aromatic carbocycles. The zero-order valence-electron chi connectivity index (χ0n) is 14.1. The molecule has 0 radical (unpaired) electrons. The van der Waals surface area contributed by atoms with Crippen molar-refractivity contribution < 1.29 is 13.6 Å². The van der Waals surface area contributed by atoms with E-state index < -0.39 is 18.0 Å². The van der Waals surface area contributed by atoms with Crippen molar-refractivity contribution in [2.24, 2.45) is 0 Å². The largest absolute Gasteiger partial charge is 0.331 e. The molecule has 0 bridgehead atoms. The van der Waals surface area contributed by atoms with Gasteiger partial charge in [-0.25, -0.2) is 8.78 Å². The van der Waals surface area contributed by atoms with Crippen LogP contribution in [0.5, 0.6) is 0 Å². The number of rotatable bonds is 6. The smallest absolute Gasteiger partial charge is 0.280 e. The monoisotopic (exact) mass is 398 g/mol. The molecule has 5 nitrogen and oxygen atoms in total. The van der Waals surface area contributed by atoms with Crippen LogP contribution in [0.3, 0.4) is 0 Å². The molecule has 0 aliphatic carbocycles. The molecule has 0 spiro atoms. The van der Waals surface area contributed by atoms with Gasteiger partial charge in [-0.3, -0.25) is 14.5 Å². The number of aromatic nitrogens is 2. The molecule has 0 fully saturated rings. The summed E-state index contributed by atoms with van der Waals surface area (Å²) in [6, 6.07) is 2.84. The van der Waals surface area contributed by atoms with Crippen LogP contribution in [0.25, 0.3) is 6.08 Å². The van der Waals surface area contributed by atoms with Gasteiger partial charge >= 0.3 is 0 Å². The molecule has 9 heteroatoms. The van der Waals surface area contributed by atoms with E-state index in [1.165, 1.54) is 24.2 Å². The third-order valence-electron chi connectivity index (χ3n) is 3.64. The quantitative estimate of drug-likeness (QED) is 0.689. The van der Waals surface area contributed by atoms with Gasteiger partial charge in [-0.15, -0.1) is 0 Å². The van der Waals surface area contributed by atoms with E-state index in [1.807, 2.05) is 26.0 Å².